The molecular weight excluding hydrogens is 140 g/mol. The average Bonchev–Trinajstić information content (AvgIpc) is 2.52. The van der Waals surface area contributed by atoms with Gasteiger partial charge < -0.3 is 5.73 Å². The third-order valence-corrected chi connectivity index (χ3v) is 1.31. The molecule has 3 N–H and O–H groups in total. The highest BCUT2D eigenvalue weighted by Crippen LogP contribution is 2.06. The lowest BCUT2D eigenvalue weighted by atomic mass is 10.2. The van der Waals surface area contributed by atoms with Crippen LogP contribution in [0.2, 0.25) is 0 Å². The van der Waals surface area contributed by atoms with Crippen LogP contribution >= 0.6 is 0 Å². The van der Waals surface area contributed by atoms with Crippen molar-refractivity contribution in [3.8, 4) is 11.8 Å². The molecule has 4 nitrogen and oxygen atoms in total. The summed E-state index contributed by atoms with van der Waals surface area (Å²) < 4.78 is 0. The molecule has 0 saturated heterocycles. The number of hydrogen-bond donors (Lipinski definition) is 2. The number of aromatic amines is 1. The first-order valence-corrected chi connectivity index (χ1v) is 3.35. The van der Waals surface area contributed by atoms with E-state index in [9.17, 15) is 0 Å². The van der Waals surface area contributed by atoms with Gasteiger partial charge in [0.1, 0.15) is 5.69 Å². The van der Waals surface area contributed by atoms with Gasteiger partial charge in [0.25, 0.3) is 0 Å². The van der Waals surface area contributed by atoms with E-state index in [1.807, 2.05) is 0 Å². The molecule has 58 valence electrons. The van der Waals surface area contributed by atoms with E-state index in [4.69, 9.17) is 5.73 Å². The van der Waals surface area contributed by atoms with Gasteiger partial charge in [0, 0.05) is 6.42 Å². The summed E-state index contributed by atoms with van der Waals surface area (Å²) in [5.74, 6) is 5.65. The third-order valence-electron chi connectivity index (χ3n) is 1.31. The fourth-order valence-electron chi connectivity index (χ4n) is 0.706. The van der Waals surface area contributed by atoms with Crippen LogP contribution in [0, 0.1) is 11.8 Å². The minimum absolute atomic E-state index is 0.124. The lowest BCUT2D eigenvalue weighted by Crippen LogP contribution is -2.09. The van der Waals surface area contributed by atoms with E-state index in [1.165, 1.54) is 0 Å². The smallest absolute Gasteiger partial charge is 0.100 e. The molecule has 0 radical (unpaired) electrons. The Bertz CT molecular complexity index is 254. The second-order valence-electron chi connectivity index (χ2n) is 2.13. The molecule has 0 aromatic carbocycles. The van der Waals surface area contributed by atoms with Crippen molar-refractivity contribution >= 4 is 0 Å². The Morgan fingerprint density at radius 1 is 1.82 bits per heavy atom. The molecule has 0 saturated carbocycles. The van der Waals surface area contributed by atoms with Gasteiger partial charge in [-0.05, 0) is 6.92 Å². The molecule has 0 aliphatic heterocycles. The molecule has 11 heavy (non-hydrogen) atoms. The van der Waals surface area contributed by atoms with E-state index in [-0.39, 0.29) is 6.04 Å². The van der Waals surface area contributed by atoms with E-state index >= 15 is 0 Å². The van der Waals surface area contributed by atoms with Crippen LogP contribution in [-0.4, -0.2) is 15.4 Å². The highest BCUT2D eigenvalue weighted by Gasteiger charge is 2.05. The summed E-state index contributed by atoms with van der Waals surface area (Å²) in [4.78, 5) is 0. The Labute approximate surface area is 65.2 Å². The summed E-state index contributed by atoms with van der Waals surface area (Å²) in [7, 11) is 0. The van der Waals surface area contributed by atoms with Crippen LogP contribution in [0.25, 0.3) is 0 Å². The first-order valence-electron chi connectivity index (χ1n) is 3.35. The maximum absolute atomic E-state index is 5.70. The van der Waals surface area contributed by atoms with E-state index in [0.717, 1.165) is 5.69 Å². The predicted octanol–water partition coefficient (Wildman–Crippen LogP) is 0.218. The van der Waals surface area contributed by atoms with Crippen molar-refractivity contribution in [3.05, 3.63) is 11.9 Å². The molecule has 1 atom stereocenters. The van der Waals surface area contributed by atoms with Crippen molar-refractivity contribution in [2.24, 2.45) is 5.73 Å². The maximum atomic E-state index is 5.70. The van der Waals surface area contributed by atoms with Crippen molar-refractivity contribution in [3.63, 3.8) is 0 Å². The number of nitrogens with one attached hydrogen (secondary N) is 1. The quantitative estimate of drug-likeness (QED) is 0.592. The first-order chi connectivity index (χ1) is 5.34. The monoisotopic (exact) mass is 150 g/mol. The molecule has 1 heterocycles. The molecule has 0 amide bonds. The second-order valence-corrected chi connectivity index (χ2v) is 2.13. The topological polar surface area (TPSA) is 67.6 Å². The Morgan fingerprint density at radius 3 is 3.18 bits per heavy atom. The minimum atomic E-state index is -0.124. The molecule has 0 aliphatic carbocycles. The van der Waals surface area contributed by atoms with E-state index in [1.54, 1.807) is 13.1 Å². The Hall–Kier alpha value is -1.34. The molecule has 0 bridgehead atoms. The lowest BCUT2D eigenvalue weighted by molar-refractivity contribution is 0.718. The molecule has 0 fully saturated rings. The van der Waals surface area contributed by atoms with Crippen molar-refractivity contribution in [2.45, 2.75) is 19.4 Å². The average molecular weight is 150 g/mol. The number of nitrogens with two attached hydrogens (primary N) is 1. The second kappa shape index (κ2) is 3.74. The number of hydrogen-bond acceptors (Lipinski definition) is 3. The highest BCUT2D eigenvalue weighted by molar-refractivity contribution is 5.06. The third kappa shape index (κ3) is 2.06. The van der Waals surface area contributed by atoms with E-state index in [0.29, 0.717) is 6.42 Å². The number of rotatable bonds is 2. The van der Waals surface area contributed by atoms with Gasteiger partial charge in [-0.15, -0.1) is 11.8 Å². The molecule has 1 unspecified atom stereocenters. The zero-order valence-corrected chi connectivity index (χ0v) is 6.33. The summed E-state index contributed by atoms with van der Waals surface area (Å²) in [5, 5.41) is 9.99. The molecule has 1 aromatic rings. The van der Waals surface area contributed by atoms with Crippen LogP contribution in [0.4, 0.5) is 0 Å². The van der Waals surface area contributed by atoms with Gasteiger partial charge in [-0.1, -0.05) is 0 Å². The SMILES string of the molecule is CC#CCC(N)c1cn[nH]n1. The van der Waals surface area contributed by atoms with Crippen molar-refractivity contribution in [2.75, 3.05) is 0 Å². The van der Waals surface area contributed by atoms with Gasteiger partial charge in [0.15, 0.2) is 0 Å². The molecule has 0 spiro atoms. The molecule has 4 heteroatoms. The number of H-pyrrole nitrogens is 1. The molecular formula is C7H10N4. The standard InChI is InChI=1S/C7H10N4/c1-2-3-4-6(8)7-5-9-11-10-7/h5-6H,4,8H2,1H3,(H,9,10,11). The Morgan fingerprint density at radius 2 is 2.64 bits per heavy atom. The Kier molecular flexibility index (Phi) is 2.64. The fraction of sp³-hybridized carbons (Fsp3) is 0.429. The van der Waals surface area contributed by atoms with Crippen molar-refractivity contribution < 1.29 is 0 Å². The van der Waals surface area contributed by atoms with Crippen LogP contribution in [0.5, 0.6) is 0 Å². The van der Waals surface area contributed by atoms with E-state index in [2.05, 4.69) is 27.3 Å². The zero-order valence-electron chi connectivity index (χ0n) is 6.33. The first kappa shape index (κ1) is 7.76. The summed E-state index contributed by atoms with van der Waals surface area (Å²) in [6.07, 6.45) is 2.24. The van der Waals surface area contributed by atoms with Crippen LogP contribution in [0.15, 0.2) is 6.20 Å². The van der Waals surface area contributed by atoms with Crippen LogP contribution in [0.1, 0.15) is 25.1 Å². The normalized spacial score (nSPS) is 11.8. The van der Waals surface area contributed by atoms with Crippen molar-refractivity contribution in [1.82, 2.24) is 15.4 Å². The maximum Gasteiger partial charge on any atom is 0.100 e. The Balaban J connectivity index is 2.53. The van der Waals surface area contributed by atoms with Gasteiger partial charge in [-0.3, -0.25) is 0 Å². The van der Waals surface area contributed by atoms with Crippen LogP contribution in [0.3, 0.4) is 0 Å². The zero-order chi connectivity index (χ0) is 8.10. The van der Waals surface area contributed by atoms with Gasteiger partial charge in [0.05, 0.1) is 12.2 Å². The fourth-order valence-corrected chi connectivity index (χ4v) is 0.706. The summed E-state index contributed by atoms with van der Waals surface area (Å²) in [5.41, 5.74) is 6.46. The lowest BCUT2D eigenvalue weighted by Gasteiger charge is -2.00. The minimum Gasteiger partial charge on any atom is -0.322 e. The summed E-state index contributed by atoms with van der Waals surface area (Å²) in [6.45, 7) is 1.79. The highest BCUT2D eigenvalue weighted by atomic mass is 15.3. The molecule has 1 rings (SSSR count). The largest absolute Gasteiger partial charge is 0.322 e. The summed E-state index contributed by atoms with van der Waals surface area (Å²) in [6, 6.07) is -0.124. The molecule has 0 aliphatic rings. The molecule has 1 aromatic heterocycles. The van der Waals surface area contributed by atoms with Gasteiger partial charge >= 0.3 is 0 Å². The predicted molar refractivity (Wildman–Crippen MR) is 41.4 cm³/mol. The van der Waals surface area contributed by atoms with E-state index < -0.39 is 0 Å². The van der Waals surface area contributed by atoms with Crippen LogP contribution in [-0.2, 0) is 0 Å². The van der Waals surface area contributed by atoms with Crippen molar-refractivity contribution in [1.29, 1.82) is 0 Å². The van der Waals surface area contributed by atoms with Gasteiger partial charge in [-0.25, -0.2) is 0 Å². The summed E-state index contributed by atoms with van der Waals surface area (Å²) >= 11 is 0. The number of aromatic nitrogens is 3. The van der Waals surface area contributed by atoms with Gasteiger partial charge in [0.2, 0.25) is 0 Å². The van der Waals surface area contributed by atoms with Crippen LogP contribution < -0.4 is 5.73 Å². The number of nitrogens with zero attached hydrogens (tertiary/aromatic N) is 2. The van der Waals surface area contributed by atoms with Gasteiger partial charge in [-0.2, -0.15) is 15.4 Å².